The van der Waals surface area contributed by atoms with Gasteiger partial charge in [-0.1, -0.05) is 0 Å². The number of hydrogen-bond donors (Lipinski definition) is 3. The van der Waals surface area contributed by atoms with Gasteiger partial charge in [-0.3, -0.25) is 4.55 Å². The predicted molar refractivity (Wildman–Crippen MR) is 57.3 cm³/mol. The van der Waals surface area contributed by atoms with Gasteiger partial charge >= 0.3 is 41.5 Å². The second-order valence-electron chi connectivity index (χ2n) is 2.80. The summed E-state index contributed by atoms with van der Waals surface area (Å²) in [4.78, 5) is 20.4. The molecule has 0 unspecified atom stereocenters. The van der Waals surface area contributed by atoms with E-state index < -0.39 is 32.5 Å². The van der Waals surface area contributed by atoms with Crippen molar-refractivity contribution in [2.24, 2.45) is 0 Å². The fourth-order valence-corrected chi connectivity index (χ4v) is 1.72. The van der Waals surface area contributed by atoms with Gasteiger partial charge in [-0.15, -0.1) is 0 Å². The zero-order valence-corrected chi connectivity index (χ0v) is 8.43. The van der Waals surface area contributed by atoms with Crippen molar-refractivity contribution in [2.45, 2.75) is 4.90 Å². The third-order valence-corrected chi connectivity index (χ3v) is 2.65. The fraction of sp³-hybridized carbons (Fsp3) is 0. The first-order valence-electron chi connectivity index (χ1n) is 3.81. The van der Waals surface area contributed by atoms with Crippen molar-refractivity contribution in [2.75, 3.05) is 0 Å². The molecule has 0 aliphatic carbocycles. The molecule has 0 fully saturated rings. The van der Waals surface area contributed by atoms with E-state index in [2.05, 4.69) is 0 Å². The number of rotatable bonds is 3. The van der Waals surface area contributed by atoms with E-state index in [1.807, 2.05) is 0 Å². The molecule has 0 aliphatic rings. The molecule has 17 heavy (non-hydrogen) atoms. The van der Waals surface area contributed by atoms with Crippen LogP contribution in [0.5, 0.6) is 0 Å². The van der Waals surface area contributed by atoms with Crippen LogP contribution < -0.4 is 0 Å². The predicted octanol–water partition coefficient (Wildman–Crippen LogP) is -0.319. The Kier molecular flexibility index (Phi) is 5.30. The first-order valence-corrected chi connectivity index (χ1v) is 5.25. The molecule has 0 heterocycles. The molecule has 0 atom stereocenters. The third-order valence-electron chi connectivity index (χ3n) is 1.73. The van der Waals surface area contributed by atoms with Crippen molar-refractivity contribution in [3.05, 3.63) is 29.3 Å². The minimum atomic E-state index is -4.69. The maximum absolute atomic E-state index is 10.8. The zero-order chi connectivity index (χ0) is 12.5. The van der Waals surface area contributed by atoms with E-state index in [1.54, 1.807) is 0 Å². The number of hydrogen-bond acceptors (Lipinski definition) is 4. The second-order valence-corrected chi connectivity index (χ2v) is 4.19. The van der Waals surface area contributed by atoms with Crippen molar-refractivity contribution >= 4 is 51.6 Å². The molecule has 0 bridgehead atoms. The van der Waals surface area contributed by atoms with Crippen LogP contribution >= 0.6 is 0 Å². The Hall–Kier alpha value is -0.930. The number of carboxylic acid groups (broad SMARTS) is 2. The topological polar surface area (TPSA) is 129 Å². The molecule has 0 aromatic heterocycles. The van der Waals surface area contributed by atoms with Crippen LogP contribution in [0.3, 0.4) is 0 Å². The molecule has 0 saturated carbocycles. The Morgan fingerprint density at radius 1 is 1.06 bits per heavy atom. The number of carboxylic acids is 2. The summed E-state index contributed by atoms with van der Waals surface area (Å²) >= 11 is 0. The summed E-state index contributed by atoms with van der Waals surface area (Å²) in [5.41, 5.74) is -1.17. The van der Waals surface area contributed by atoms with Crippen molar-refractivity contribution in [3.63, 3.8) is 0 Å². The molecule has 0 radical (unpaired) electrons. The summed E-state index contributed by atoms with van der Waals surface area (Å²) in [6.45, 7) is 0. The summed E-state index contributed by atoms with van der Waals surface area (Å²) in [7, 11) is -4.69. The number of carbonyl (C=O) groups is 2. The average molecular weight is 270 g/mol. The Bertz CT molecular complexity index is 563. The van der Waals surface area contributed by atoms with Crippen LogP contribution in [-0.2, 0) is 10.1 Å². The molecule has 88 valence electrons. The molecular weight excluding hydrogens is 263 g/mol. The van der Waals surface area contributed by atoms with Crippen LogP contribution in [0.25, 0.3) is 0 Å². The normalized spacial score (nSPS) is 10.4. The average Bonchev–Trinajstić information content (AvgIpc) is 2.15. The molecule has 0 spiro atoms. The van der Waals surface area contributed by atoms with Gasteiger partial charge in [-0.05, 0) is 18.2 Å². The summed E-state index contributed by atoms with van der Waals surface area (Å²) < 4.78 is 30.3. The van der Waals surface area contributed by atoms with E-state index in [9.17, 15) is 18.0 Å². The molecule has 1 aromatic rings. The standard InChI is InChI=1S/C8H6O7S.Na.H/c9-7(10)4-1-2-6(16(13,14)15)5(3-4)8(11)12;;/h1-3H,(H,9,10)(H,11,12)(H,13,14,15);;. The van der Waals surface area contributed by atoms with Crippen LogP contribution in [-0.4, -0.2) is 64.7 Å². The Morgan fingerprint density at radius 2 is 1.59 bits per heavy atom. The first kappa shape index (κ1) is 16.1. The van der Waals surface area contributed by atoms with E-state index in [1.165, 1.54) is 0 Å². The Morgan fingerprint density at radius 3 is 1.94 bits per heavy atom. The van der Waals surface area contributed by atoms with Crippen molar-refractivity contribution in [1.82, 2.24) is 0 Å². The number of benzene rings is 1. The summed E-state index contributed by atoms with van der Waals surface area (Å²) in [6.07, 6.45) is 0. The van der Waals surface area contributed by atoms with Gasteiger partial charge in [0.1, 0.15) is 4.90 Å². The van der Waals surface area contributed by atoms with Gasteiger partial charge in [0.15, 0.2) is 0 Å². The molecule has 7 nitrogen and oxygen atoms in total. The van der Waals surface area contributed by atoms with Gasteiger partial charge in [-0.25, -0.2) is 9.59 Å². The van der Waals surface area contributed by atoms with Crippen LogP contribution in [0, 0.1) is 0 Å². The second kappa shape index (κ2) is 5.61. The molecule has 3 N–H and O–H groups in total. The van der Waals surface area contributed by atoms with E-state index in [-0.39, 0.29) is 35.1 Å². The summed E-state index contributed by atoms with van der Waals surface area (Å²) in [5, 5.41) is 17.2. The van der Waals surface area contributed by atoms with Gasteiger partial charge in [0.05, 0.1) is 11.1 Å². The fourth-order valence-electron chi connectivity index (χ4n) is 1.06. The van der Waals surface area contributed by atoms with Gasteiger partial charge in [0, 0.05) is 0 Å². The maximum atomic E-state index is 10.8. The zero-order valence-electron chi connectivity index (χ0n) is 7.61. The molecule has 1 rings (SSSR count). The van der Waals surface area contributed by atoms with Crippen LogP contribution in [0.15, 0.2) is 23.1 Å². The molecule has 0 saturated heterocycles. The van der Waals surface area contributed by atoms with E-state index in [0.29, 0.717) is 6.07 Å². The summed E-state index contributed by atoms with van der Waals surface area (Å²) in [6, 6.07) is 2.27. The molecule has 9 heteroatoms. The van der Waals surface area contributed by atoms with Crippen LogP contribution in [0.1, 0.15) is 20.7 Å². The van der Waals surface area contributed by atoms with E-state index >= 15 is 0 Å². The SMILES string of the molecule is O=C(O)c1ccc(S(=O)(=O)O)c(C(=O)O)c1.[NaH]. The number of aromatic carboxylic acids is 2. The van der Waals surface area contributed by atoms with Crippen LogP contribution in [0.2, 0.25) is 0 Å². The van der Waals surface area contributed by atoms with Crippen molar-refractivity contribution < 1.29 is 32.8 Å². The van der Waals surface area contributed by atoms with Gasteiger partial charge in [0.25, 0.3) is 10.1 Å². The molecule has 1 aromatic carbocycles. The first-order chi connectivity index (χ1) is 7.23. The molecule has 0 amide bonds. The Balaban J connectivity index is 0.00000256. The monoisotopic (exact) mass is 270 g/mol. The van der Waals surface area contributed by atoms with Crippen molar-refractivity contribution in [1.29, 1.82) is 0 Å². The van der Waals surface area contributed by atoms with Gasteiger partial charge in [0.2, 0.25) is 0 Å². The van der Waals surface area contributed by atoms with Gasteiger partial charge < -0.3 is 10.2 Å². The third kappa shape index (κ3) is 3.79. The molecular formula is C8H7NaO7S. The van der Waals surface area contributed by atoms with Crippen molar-refractivity contribution in [3.8, 4) is 0 Å². The summed E-state index contributed by atoms with van der Waals surface area (Å²) in [5.74, 6) is -3.04. The Labute approximate surface area is 118 Å². The minimum absolute atomic E-state index is 0. The van der Waals surface area contributed by atoms with Crippen LogP contribution in [0.4, 0.5) is 0 Å². The van der Waals surface area contributed by atoms with Gasteiger partial charge in [-0.2, -0.15) is 8.42 Å². The van der Waals surface area contributed by atoms with E-state index in [0.717, 1.165) is 12.1 Å². The quantitative estimate of drug-likeness (QED) is 0.507. The molecule has 0 aliphatic heterocycles. The van der Waals surface area contributed by atoms with E-state index in [4.69, 9.17) is 14.8 Å².